The van der Waals surface area contributed by atoms with Crippen LogP contribution in [0.1, 0.15) is 38.3 Å². The highest BCUT2D eigenvalue weighted by molar-refractivity contribution is 7.92. The van der Waals surface area contributed by atoms with Gasteiger partial charge < -0.3 is 10.2 Å². The number of sulfonamides is 1. The number of hydrogen-bond acceptors (Lipinski definition) is 4. The Balaban J connectivity index is 2.02. The summed E-state index contributed by atoms with van der Waals surface area (Å²) in [5.41, 5.74) is 2.06. The van der Waals surface area contributed by atoms with Crippen molar-refractivity contribution in [2.45, 2.75) is 57.6 Å². The van der Waals surface area contributed by atoms with Crippen LogP contribution in [0.2, 0.25) is 5.02 Å². The van der Waals surface area contributed by atoms with E-state index in [-0.39, 0.29) is 34.1 Å². The molecule has 0 heterocycles. The molecule has 0 bridgehead atoms. The molecule has 2 amide bonds. The summed E-state index contributed by atoms with van der Waals surface area (Å²) >= 11 is 6.41. The van der Waals surface area contributed by atoms with Gasteiger partial charge in [0, 0.05) is 12.6 Å². The van der Waals surface area contributed by atoms with Crippen molar-refractivity contribution in [3.05, 3.63) is 95.0 Å². The maximum absolute atomic E-state index is 13.9. The van der Waals surface area contributed by atoms with Gasteiger partial charge in [0.25, 0.3) is 10.0 Å². The topological polar surface area (TPSA) is 86.8 Å². The van der Waals surface area contributed by atoms with E-state index >= 15 is 0 Å². The zero-order valence-corrected chi connectivity index (χ0v) is 23.7. The van der Waals surface area contributed by atoms with Crippen LogP contribution in [0.4, 0.5) is 5.69 Å². The van der Waals surface area contributed by atoms with E-state index in [1.807, 2.05) is 45.0 Å². The highest BCUT2D eigenvalue weighted by Gasteiger charge is 2.33. The van der Waals surface area contributed by atoms with Crippen LogP contribution in [-0.4, -0.2) is 43.8 Å². The van der Waals surface area contributed by atoms with Crippen LogP contribution >= 0.6 is 11.6 Å². The largest absolute Gasteiger partial charge is 0.352 e. The SMILES string of the molecule is CC[C@@H](C)NC(=O)[C@H](C)N(Cc1ccc(C)cc1)C(=O)CN(c1ccccc1Cl)S(=O)(=O)c1ccccc1. The van der Waals surface area contributed by atoms with Crippen LogP contribution in [0.5, 0.6) is 0 Å². The average Bonchev–Trinajstić information content (AvgIpc) is 2.91. The van der Waals surface area contributed by atoms with Gasteiger partial charge in [0.2, 0.25) is 11.8 Å². The summed E-state index contributed by atoms with van der Waals surface area (Å²) in [6, 6.07) is 21.1. The third-order valence-corrected chi connectivity index (χ3v) is 8.47. The van der Waals surface area contributed by atoms with E-state index < -0.39 is 28.5 Å². The van der Waals surface area contributed by atoms with Crippen molar-refractivity contribution >= 4 is 39.1 Å². The van der Waals surface area contributed by atoms with Gasteiger partial charge in [-0.3, -0.25) is 13.9 Å². The molecule has 9 heteroatoms. The summed E-state index contributed by atoms with van der Waals surface area (Å²) in [6.45, 7) is 7.06. The number of carbonyl (C=O) groups is 2. The summed E-state index contributed by atoms with van der Waals surface area (Å²) < 4.78 is 28.5. The number of nitrogens with one attached hydrogen (secondary N) is 1. The molecule has 0 fully saturated rings. The molecule has 0 saturated carbocycles. The van der Waals surface area contributed by atoms with Gasteiger partial charge in [-0.2, -0.15) is 0 Å². The van der Waals surface area contributed by atoms with Crippen molar-refractivity contribution in [3.8, 4) is 0 Å². The van der Waals surface area contributed by atoms with Gasteiger partial charge >= 0.3 is 0 Å². The molecule has 0 spiro atoms. The molecule has 3 rings (SSSR count). The first kappa shape index (κ1) is 29.2. The molecular formula is C29H34ClN3O4S. The van der Waals surface area contributed by atoms with Crippen molar-refractivity contribution in [1.82, 2.24) is 10.2 Å². The molecule has 0 aliphatic heterocycles. The molecule has 1 N–H and O–H groups in total. The molecule has 2 atom stereocenters. The number of amides is 2. The molecule has 0 aromatic heterocycles. The van der Waals surface area contributed by atoms with Gasteiger partial charge in [-0.1, -0.05) is 78.7 Å². The quantitative estimate of drug-likeness (QED) is 0.353. The van der Waals surface area contributed by atoms with E-state index in [4.69, 9.17) is 11.6 Å². The molecular weight excluding hydrogens is 522 g/mol. The lowest BCUT2D eigenvalue weighted by molar-refractivity contribution is -0.139. The summed E-state index contributed by atoms with van der Waals surface area (Å²) in [6.07, 6.45) is 0.736. The van der Waals surface area contributed by atoms with Crippen molar-refractivity contribution < 1.29 is 18.0 Å². The lowest BCUT2D eigenvalue weighted by Crippen LogP contribution is -2.52. The molecule has 0 aliphatic carbocycles. The average molecular weight is 556 g/mol. The Hall–Kier alpha value is -3.36. The van der Waals surface area contributed by atoms with Gasteiger partial charge in [-0.15, -0.1) is 0 Å². The summed E-state index contributed by atoms with van der Waals surface area (Å²) in [5.74, 6) is -0.841. The Morgan fingerprint density at radius 2 is 1.53 bits per heavy atom. The molecule has 0 radical (unpaired) electrons. The Morgan fingerprint density at radius 3 is 2.13 bits per heavy atom. The van der Waals surface area contributed by atoms with Crippen LogP contribution in [0.25, 0.3) is 0 Å². The normalized spacial score (nSPS) is 12.9. The number of carbonyl (C=O) groups excluding carboxylic acids is 2. The number of rotatable bonds is 11. The van der Waals surface area contributed by atoms with Crippen LogP contribution in [0.15, 0.2) is 83.8 Å². The second-order valence-electron chi connectivity index (χ2n) is 9.28. The van der Waals surface area contributed by atoms with E-state index in [1.165, 1.54) is 17.0 Å². The lowest BCUT2D eigenvalue weighted by Gasteiger charge is -2.32. The first-order valence-corrected chi connectivity index (χ1v) is 14.3. The number of hydrogen-bond donors (Lipinski definition) is 1. The molecule has 3 aromatic rings. The number of benzene rings is 3. The van der Waals surface area contributed by atoms with Crippen LogP contribution < -0.4 is 9.62 Å². The lowest BCUT2D eigenvalue weighted by atomic mass is 10.1. The highest BCUT2D eigenvalue weighted by Crippen LogP contribution is 2.30. The van der Waals surface area contributed by atoms with Gasteiger partial charge in [-0.05, 0) is 57.0 Å². The first-order valence-electron chi connectivity index (χ1n) is 12.5. The van der Waals surface area contributed by atoms with E-state index in [0.29, 0.717) is 0 Å². The molecule has 0 aliphatic rings. The van der Waals surface area contributed by atoms with Crippen molar-refractivity contribution in [1.29, 1.82) is 0 Å². The molecule has 7 nitrogen and oxygen atoms in total. The van der Waals surface area contributed by atoms with Gasteiger partial charge in [0.05, 0.1) is 15.6 Å². The van der Waals surface area contributed by atoms with E-state index in [0.717, 1.165) is 21.9 Å². The van der Waals surface area contributed by atoms with Crippen LogP contribution in [-0.2, 0) is 26.2 Å². The minimum atomic E-state index is -4.15. The second-order valence-corrected chi connectivity index (χ2v) is 11.5. The molecule has 0 unspecified atom stereocenters. The number of anilines is 1. The Labute approximate surface area is 230 Å². The number of nitrogens with zero attached hydrogens (tertiary/aromatic N) is 2. The summed E-state index contributed by atoms with van der Waals surface area (Å²) in [4.78, 5) is 28.4. The Morgan fingerprint density at radius 1 is 0.921 bits per heavy atom. The minimum Gasteiger partial charge on any atom is -0.352 e. The summed E-state index contributed by atoms with van der Waals surface area (Å²) in [5, 5.41) is 3.11. The Bertz CT molecular complexity index is 1350. The maximum atomic E-state index is 13.9. The fourth-order valence-electron chi connectivity index (χ4n) is 3.83. The molecule has 3 aromatic carbocycles. The van der Waals surface area contributed by atoms with E-state index in [2.05, 4.69) is 5.32 Å². The van der Waals surface area contributed by atoms with Gasteiger partial charge in [0.1, 0.15) is 12.6 Å². The minimum absolute atomic E-state index is 0.0281. The molecule has 38 heavy (non-hydrogen) atoms. The smallest absolute Gasteiger partial charge is 0.264 e. The first-order chi connectivity index (χ1) is 18.0. The van der Waals surface area contributed by atoms with Gasteiger partial charge in [0.15, 0.2) is 0 Å². The zero-order valence-electron chi connectivity index (χ0n) is 22.1. The number of aryl methyl sites for hydroxylation is 1. The summed E-state index contributed by atoms with van der Waals surface area (Å²) in [7, 11) is -4.15. The molecule has 202 valence electrons. The fourth-order valence-corrected chi connectivity index (χ4v) is 5.57. The van der Waals surface area contributed by atoms with Crippen molar-refractivity contribution in [2.75, 3.05) is 10.8 Å². The predicted octanol–water partition coefficient (Wildman–Crippen LogP) is 5.18. The fraction of sp³-hybridized carbons (Fsp3) is 0.310. The molecule has 0 saturated heterocycles. The van der Waals surface area contributed by atoms with E-state index in [1.54, 1.807) is 49.4 Å². The van der Waals surface area contributed by atoms with E-state index in [9.17, 15) is 18.0 Å². The third kappa shape index (κ3) is 7.14. The Kier molecular flexibility index (Phi) is 9.94. The van der Waals surface area contributed by atoms with Gasteiger partial charge in [-0.25, -0.2) is 8.42 Å². The third-order valence-electron chi connectivity index (χ3n) is 6.37. The highest BCUT2D eigenvalue weighted by atomic mass is 35.5. The zero-order chi connectivity index (χ0) is 27.9. The number of halogens is 1. The van der Waals surface area contributed by atoms with Crippen LogP contribution in [0.3, 0.4) is 0 Å². The van der Waals surface area contributed by atoms with Crippen molar-refractivity contribution in [3.63, 3.8) is 0 Å². The predicted molar refractivity (Wildman–Crippen MR) is 152 cm³/mol. The van der Waals surface area contributed by atoms with Crippen molar-refractivity contribution in [2.24, 2.45) is 0 Å². The van der Waals surface area contributed by atoms with Crippen LogP contribution in [0, 0.1) is 6.92 Å². The maximum Gasteiger partial charge on any atom is 0.264 e. The monoisotopic (exact) mass is 555 g/mol. The second kappa shape index (κ2) is 12.9. The number of para-hydroxylation sites is 1. The standard InChI is InChI=1S/C29H34ClN3O4S/c1-5-22(3)31-29(35)23(4)32(19-24-17-15-21(2)16-18-24)28(34)20-33(27-14-10-9-13-26(27)30)38(36,37)25-11-7-6-8-12-25/h6-18,22-23H,5,19-20H2,1-4H3,(H,31,35)/t22-,23+/m1/s1.